The average molecular weight is 289 g/mol. The second-order valence-corrected chi connectivity index (χ2v) is 5.33. The zero-order chi connectivity index (χ0) is 13.0. The minimum absolute atomic E-state index is 0.468. The van der Waals surface area contributed by atoms with Gasteiger partial charge in [0.25, 0.3) is 0 Å². The monoisotopic (exact) mass is 288 g/mol. The van der Waals surface area contributed by atoms with Gasteiger partial charge in [0, 0.05) is 18.7 Å². The fourth-order valence-electron chi connectivity index (χ4n) is 1.50. The molecule has 0 bridgehead atoms. The zero-order valence-corrected chi connectivity index (χ0v) is 11.1. The molecule has 0 amide bonds. The van der Waals surface area contributed by atoms with Crippen molar-refractivity contribution in [3.63, 3.8) is 0 Å². The highest BCUT2D eigenvalue weighted by atomic mass is 35.5. The molecule has 1 aromatic carbocycles. The fourth-order valence-corrected chi connectivity index (χ4v) is 2.56. The van der Waals surface area contributed by atoms with Crippen LogP contribution in [0.3, 0.4) is 0 Å². The Kier molecular flexibility index (Phi) is 4.60. The van der Waals surface area contributed by atoms with Crippen LogP contribution in [0.25, 0.3) is 0 Å². The molecule has 18 heavy (non-hydrogen) atoms. The molecule has 2 nitrogen and oxygen atoms in total. The summed E-state index contributed by atoms with van der Waals surface area (Å²) in [5.41, 5.74) is 0.689. The van der Waals surface area contributed by atoms with E-state index in [1.807, 2.05) is 0 Å². The Bertz CT molecular complexity index is 531. The van der Waals surface area contributed by atoms with Gasteiger partial charge >= 0.3 is 0 Å². The van der Waals surface area contributed by atoms with Crippen molar-refractivity contribution in [1.82, 2.24) is 10.2 Å². The third-order valence-corrected chi connectivity index (χ3v) is 3.62. The molecule has 0 atom stereocenters. The smallest absolute Gasteiger partial charge is 0.159 e. The standard InChI is InChI=1S/C12H11ClF2N2S/c13-5-1-2-11-16-17-12(18-11)7-8-3-4-9(14)10(15)6-8/h3-4,6H,1-2,5,7H2. The summed E-state index contributed by atoms with van der Waals surface area (Å²) >= 11 is 7.08. The van der Waals surface area contributed by atoms with E-state index in [2.05, 4.69) is 10.2 Å². The number of nitrogens with zero attached hydrogens (tertiary/aromatic N) is 2. The molecule has 0 aliphatic heterocycles. The highest BCUT2D eigenvalue weighted by molar-refractivity contribution is 7.11. The number of rotatable bonds is 5. The molecule has 1 heterocycles. The van der Waals surface area contributed by atoms with Crippen LogP contribution in [0, 0.1) is 11.6 Å². The molecule has 0 radical (unpaired) electrons. The van der Waals surface area contributed by atoms with E-state index in [0.29, 0.717) is 17.9 Å². The van der Waals surface area contributed by atoms with Gasteiger partial charge in [-0.3, -0.25) is 0 Å². The lowest BCUT2D eigenvalue weighted by atomic mass is 10.1. The van der Waals surface area contributed by atoms with Gasteiger partial charge in [-0.15, -0.1) is 33.1 Å². The van der Waals surface area contributed by atoms with E-state index in [9.17, 15) is 8.78 Å². The van der Waals surface area contributed by atoms with Crippen LogP contribution >= 0.6 is 22.9 Å². The van der Waals surface area contributed by atoms with Crippen LogP contribution in [0.4, 0.5) is 8.78 Å². The fraction of sp³-hybridized carbons (Fsp3) is 0.333. The average Bonchev–Trinajstić information content (AvgIpc) is 2.79. The Balaban J connectivity index is 2.04. The highest BCUT2D eigenvalue weighted by Crippen LogP contribution is 2.17. The summed E-state index contributed by atoms with van der Waals surface area (Å²) in [4.78, 5) is 0. The van der Waals surface area contributed by atoms with E-state index in [-0.39, 0.29) is 0 Å². The summed E-state index contributed by atoms with van der Waals surface area (Å²) in [5, 5.41) is 9.78. The van der Waals surface area contributed by atoms with E-state index in [1.54, 1.807) is 6.07 Å². The molecule has 0 fully saturated rings. The van der Waals surface area contributed by atoms with Gasteiger partial charge in [0.2, 0.25) is 0 Å². The van der Waals surface area contributed by atoms with Crippen LogP contribution in [0.5, 0.6) is 0 Å². The predicted octanol–water partition coefficient (Wildman–Crippen LogP) is 3.58. The van der Waals surface area contributed by atoms with Gasteiger partial charge in [-0.2, -0.15) is 0 Å². The van der Waals surface area contributed by atoms with Crippen LogP contribution in [0.1, 0.15) is 22.0 Å². The van der Waals surface area contributed by atoms with Gasteiger partial charge in [-0.25, -0.2) is 8.78 Å². The molecule has 1 aromatic heterocycles. The maximum atomic E-state index is 13.0. The van der Waals surface area contributed by atoms with Gasteiger partial charge in [0.1, 0.15) is 10.0 Å². The first kappa shape index (κ1) is 13.4. The molecule has 0 saturated heterocycles. The minimum Gasteiger partial charge on any atom is -0.204 e. The topological polar surface area (TPSA) is 25.8 Å². The molecule has 0 aliphatic rings. The molecule has 0 unspecified atom stereocenters. The largest absolute Gasteiger partial charge is 0.204 e. The Hall–Kier alpha value is -1.07. The second-order valence-electron chi connectivity index (χ2n) is 3.81. The third kappa shape index (κ3) is 3.46. The molecule has 0 spiro atoms. The van der Waals surface area contributed by atoms with E-state index >= 15 is 0 Å². The maximum Gasteiger partial charge on any atom is 0.159 e. The SMILES string of the molecule is Fc1ccc(Cc2nnc(CCCCl)s2)cc1F. The second kappa shape index (κ2) is 6.20. The predicted molar refractivity (Wildman–Crippen MR) is 68.1 cm³/mol. The van der Waals surface area contributed by atoms with Gasteiger partial charge in [0.05, 0.1) is 0 Å². The first-order valence-corrected chi connectivity index (χ1v) is 6.85. The third-order valence-electron chi connectivity index (χ3n) is 2.37. The number of aryl methyl sites for hydroxylation is 1. The lowest BCUT2D eigenvalue weighted by Gasteiger charge is -1.98. The molecule has 96 valence electrons. The van der Waals surface area contributed by atoms with Gasteiger partial charge in [-0.05, 0) is 24.1 Å². The summed E-state index contributed by atoms with van der Waals surface area (Å²) in [6, 6.07) is 3.87. The highest BCUT2D eigenvalue weighted by Gasteiger charge is 2.07. The summed E-state index contributed by atoms with van der Waals surface area (Å²) in [5.74, 6) is -1.07. The minimum atomic E-state index is -0.834. The molecule has 2 rings (SSSR count). The van der Waals surface area contributed by atoms with E-state index in [1.165, 1.54) is 17.4 Å². The normalized spacial score (nSPS) is 10.8. The van der Waals surface area contributed by atoms with E-state index < -0.39 is 11.6 Å². The number of benzene rings is 1. The number of hydrogen-bond donors (Lipinski definition) is 0. The van der Waals surface area contributed by atoms with Crippen molar-refractivity contribution in [2.24, 2.45) is 0 Å². The first-order chi connectivity index (χ1) is 8.69. The van der Waals surface area contributed by atoms with Crippen molar-refractivity contribution >= 4 is 22.9 Å². The lowest BCUT2D eigenvalue weighted by Crippen LogP contribution is -1.91. The van der Waals surface area contributed by atoms with Crippen molar-refractivity contribution in [3.05, 3.63) is 45.4 Å². The number of aromatic nitrogens is 2. The summed E-state index contributed by atoms with van der Waals surface area (Å²) in [6.07, 6.45) is 2.13. The Morgan fingerprint density at radius 2 is 1.89 bits per heavy atom. The quantitative estimate of drug-likeness (QED) is 0.786. The van der Waals surface area contributed by atoms with Gasteiger partial charge in [-0.1, -0.05) is 6.07 Å². The van der Waals surface area contributed by atoms with E-state index in [0.717, 1.165) is 28.9 Å². The van der Waals surface area contributed by atoms with Crippen LogP contribution < -0.4 is 0 Å². The van der Waals surface area contributed by atoms with Crippen LogP contribution in [-0.2, 0) is 12.8 Å². The Morgan fingerprint density at radius 3 is 2.61 bits per heavy atom. The molecule has 2 aromatic rings. The van der Waals surface area contributed by atoms with Gasteiger partial charge < -0.3 is 0 Å². The van der Waals surface area contributed by atoms with Crippen molar-refractivity contribution < 1.29 is 8.78 Å². The first-order valence-electron chi connectivity index (χ1n) is 5.50. The van der Waals surface area contributed by atoms with Crippen molar-refractivity contribution in [3.8, 4) is 0 Å². The molecule has 0 aliphatic carbocycles. The molecule has 0 N–H and O–H groups in total. The summed E-state index contributed by atoms with van der Waals surface area (Å²) < 4.78 is 25.8. The maximum absolute atomic E-state index is 13.0. The van der Waals surface area contributed by atoms with Crippen molar-refractivity contribution in [1.29, 1.82) is 0 Å². The summed E-state index contributed by atoms with van der Waals surface area (Å²) in [6.45, 7) is 0. The lowest BCUT2D eigenvalue weighted by molar-refractivity contribution is 0.507. The number of halogens is 3. The van der Waals surface area contributed by atoms with Crippen LogP contribution in [-0.4, -0.2) is 16.1 Å². The van der Waals surface area contributed by atoms with Crippen LogP contribution in [0.2, 0.25) is 0 Å². The van der Waals surface area contributed by atoms with Gasteiger partial charge in [0.15, 0.2) is 11.6 Å². The van der Waals surface area contributed by atoms with Crippen LogP contribution in [0.15, 0.2) is 18.2 Å². The number of hydrogen-bond acceptors (Lipinski definition) is 3. The Morgan fingerprint density at radius 1 is 1.11 bits per heavy atom. The molecule has 0 saturated carbocycles. The van der Waals surface area contributed by atoms with Crippen molar-refractivity contribution in [2.75, 3.05) is 5.88 Å². The molecule has 6 heteroatoms. The number of alkyl halides is 1. The summed E-state index contributed by atoms with van der Waals surface area (Å²) in [7, 11) is 0. The Labute approximate surface area is 113 Å². The molecular weight excluding hydrogens is 278 g/mol. The zero-order valence-electron chi connectivity index (χ0n) is 9.50. The van der Waals surface area contributed by atoms with E-state index in [4.69, 9.17) is 11.6 Å². The van der Waals surface area contributed by atoms with Crippen molar-refractivity contribution in [2.45, 2.75) is 19.3 Å². The molecular formula is C12H11ClF2N2S.